The van der Waals surface area contributed by atoms with Gasteiger partial charge in [0, 0.05) is 25.0 Å². The number of carboxylic acid groups (broad SMARTS) is 1. The fourth-order valence-corrected chi connectivity index (χ4v) is 3.61. The Hall–Kier alpha value is -1.01. The molecule has 0 aliphatic carbocycles. The zero-order chi connectivity index (χ0) is 15.2. The van der Waals surface area contributed by atoms with Gasteiger partial charge < -0.3 is 14.6 Å². The van der Waals surface area contributed by atoms with Crippen molar-refractivity contribution in [1.29, 1.82) is 0 Å². The quantitative estimate of drug-likeness (QED) is 0.747. The van der Waals surface area contributed by atoms with Crippen LogP contribution in [0.4, 0.5) is 0 Å². The van der Waals surface area contributed by atoms with Crippen molar-refractivity contribution in [2.24, 2.45) is 5.92 Å². The van der Waals surface area contributed by atoms with Crippen molar-refractivity contribution in [3.8, 4) is 0 Å². The highest BCUT2D eigenvalue weighted by molar-refractivity contribution is 7.99. The Labute approximate surface area is 130 Å². The number of aryl methyl sites for hydroxylation is 1. The number of carboxylic acids is 1. The predicted octanol–water partition coefficient (Wildman–Crippen LogP) is 2.35. The molecule has 1 aliphatic heterocycles. The molecule has 1 N–H and O–H groups in total. The van der Waals surface area contributed by atoms with Crippen molar-refractivity contribution in [2.75, 3.05) is 25.4 Å². The van der Waals surface area contributed by atoms with E-state index in [1.807, 2.05) is 6.20 Å². The minimum atomic E-state index is -0.794. The lowest BCUT2D eigenvalue weighted by molar-refractivity contribution is -0.133. The minimum absolute atomic E-state index is 0.0701. The van der Waals surface area contributed by atoms with E-state index >= 15 is 0 Å². The highest BCUT2D eigenvalue weighted by Gasteiger charge is 2.18. The molecule has 0 spiro atoms. The Morgan fingerprint density at radius 3 is 2.76 bits per heavy atom. The Morgan fingerprint density at radius 1 is 1.43 bits per heavy atom. The van der Waals surface area contributed by atoms with Crippen LogP contribution in [-0.2, 0) is 17.8 Å². The maximum Gasteiger partial charge on any atom is 0.313 e. The van der Waals surface area contributed by atoms with Crippen LogP contribution >= 0.6 is 11.8 Å². The molecule has 1 aromatic rings. The SMILES string of the molecule is CCc1cnc(SCC(=O)O)n1CC(C)CN1CCCC1. The van der Waals surface area contributed by atoms with Crippen molar-refractivity contribution in [1.82, 2.24) is 14.5 Å². The first-order valence-electron chi connectivity index (χ1n) is 7.71. The first kappa shape index (κ1) is 16.4. The fraction of sp³-hybridized carbons (Fsp3) is 0.733. The Kier molecular flexibility index (Phi) is 6.11. The zero-order valence-electron chi connectivity index (χ0n) is 12.9. The van der Waals surface area contributed by atoms with Crippen LogP contribution in [0.1, 0.15) is 32.4 Å². The second-order valence-electron chi connectivity index (χ2n) is 5.79. The normalized spacial score (nSPS) is 17.2. The van der Waals surface area contributed by atoms with Crippen LogP contribution in [0.25, 0.3) is 0 Å². The highest BCUT2D eigenvalue weighted by Crippen LogP contribution is 2.21. The first-order valence-corrected chi connectivity index (χ1v) is 8.70. The third-order valence-corrected chi connectivity index (χ3v) is 4.83. The van der Waals surface area contributed by atoms with Gasteiger partial charge in [-0.3, -0.25) is 4.79 Å². The lowest BCUT2D eigenvalue weighted by atomic mass is 10.1. The van der Waals surface area contributed by atoms with Gasteiger partial charge in [-0.05, 0) is 38.3 Å². The van der Waals surface area contributed by atoms with Gasteiger partial charge in [0.25, 0.3) is 0 Å². The maximum atomic E-state index is 10.7. The van der Waals surface area contributed by atoms with Crippen LogP contribution in [0.15, 0.2) is 11.4 Å². The van der Waals surface area contributed by atoms with Gasteiger partial charge in [0.2, 0.25) is 0 Å². The molecule has 5 nitrogen and oxygen atoms in total. The van der Waals surface area contributed by atoms with Gasteiger partial charge in [-0.2, -0.15) is 0 Å². The molecule has 21 heavy (non-hydrogen) atoms. The number of aliphatic carboxylic acids is 1. The van der Waals surface area contributed by atoms with Crippen molar-refractivity contribution in [2.45, 2.75) is 44.8 Å². The summed E-state index contributed by atoms with van der Waals surface area (Å²) >= 11 is 1.31. The Balaban J connectivity index is 1.98. The third kappa shape index (κ3) is 4.74. The summed E-state index contributed by atoms with van der Waals surface area (Å²) in [5.41, 5.74) is 1.19. The maximum absolute atomic E-state index is 10.7. The van der Waals surface area contributed by atoms with Gasteiger partial charge >= 0.3 is 5.97 Å². The number of aromatic nitrogens is 2. The molecule has 1 aromatic heterocycles. The average Bonchev–Trinajstić information content (AvgIpc) is 3.06. The molecule has 0 aromatic carbocycles. The van der Waals surface area contributed by atoms with Crippen molar-refractivity contribution >= 4 is 17.7 Å². The molecule has 0 amide bonds. The van der Waals surface area contributed by atoms with Crippen LogP contribution in [-0.4, -0.2) is 50.9 Å². The van der Waals surface area contributed by atoms with Crippen LogP contribution < -0.4 is 0 Å². The first-order chi connectivity index (χ1) is 10.1. The number of hydrogen-bond acceptors (Lipinski definition) is 4. The smallest absolute Gasteiger partial charge is 0.313 e. The topological polar surface area (TPSA) is 58.4 Å². The van der Waals surface area contributed by atoms with Gasteiger partial charge in [0.1, 0.15) is 0 Å². The second kappa shape index (κ2) is 7.84. The van der Waals surface area contributed by atoms with Crippen molar-refractivity contribution in [3.05, 3.63) is 11.9 Å². The number of likely N-dealkylation sites (tertiary alicyclic amines) is 1. The minimum Gasteiger partial charge on any atom is -0.481 e. The van der Waals surface area contributed by atoms with Crippen molar-refractivity contribution in [3.63, 3.8) is 0 Å². The molecule has 0 bridgehead atoms. The molecule has 1 unspecified atom stereocenters. The molecule has 0 saturated carbocycles. The summed E-state index contributed by atoms with van der Waals surface area (Å²) in [5, 5.41) is 9.67. The van der Waals surface area contributed by atoms with E-state index in [-0.39, 0.29) is 5.75 Å². The van der Waals surface area contributed by atoms with E-state index in [2.05, 4.69) is 28.3 Å². The second-order valence-corrected chi connectivity index (χ2v) is 6.73. The number of hydrogen-bond donors (Lipinski definition) is 1. The number of carbonyl (C=O) groups is 1. The molecule has 0 radical (unpaired) electrons. The summed E-state index contributed by atoms with van der Waals surface area (Å²) in [5.74, 6) is -0.176. The van der Waals surface area contributed by atoms with Gasteiger partial charge in [0.05, 0.1) is 5.75 Å². The van der Waals surface area contributed by atoms with Crippen LogP contribution in [0.5, 0.6) is 0 Å². The molecule has 118 valence electrons. The van der Waals surface area contributed by atoms with Gasteiger partial charge in [-0.1, -0.05) is 25.6 Å². The van der Waals surface area contributed by atoms with E-state index in [1.165, 1.54) is 43.4 Å². The number of rotatable bonds is 8. The molecule has 1 aliphatic rings. The molecule has 1 fully saturated rings. The average molecular weight is 311 g/mol. The van der Waals surface area contributed by atoms with Crippen LogP contribution in [0, 0.1) is 5.92 Å². The summed E-state index contributed by atoms with van der Waals surface area (Å²) in [7, 11) is 0. The fourth-order valence-electron chi connectivity index (χ4n) is 2.89. The van der Waals surface area contributed by atoms with E-state index < -0.39 is 5.97 Å². The number of imidazole rings is 1. The predicted molar refractivity (Wildman–Crippen MR) is 84.8 cm³/mol. The molecule has 2 heterocycles. The zero-order valence-corrected chi connectivity index (χ0v) is 13.7. The van der Waals surface area contributed by atoms with Gasteiger partial charge in [-0.25, -0.2) is 4.98 Å². The standard InChI is InChI=1S/C15H25N3O2S/c1-3-13-8-16-15(21-11-14(19)20)18(13)10-12(2)9-17-6-4-5-7-17/h8,12H,3-7,9-11H2,1-2H3,(H,19,20). The molecular weight excluding hydrogens is 286 g/mol. The lowest BCUT2D eigenvalue weighted by Crippen LogP contribution is -2.28. The lowest BCUT2D eigenvalue weighted by Gasteiger charge is -2.22. The van der Waals surface area contributed by atoms with E-state index in [0.717, 1.165) is 24.7 Å². The summed E-state index contributed by atoms with van der Waals surface area (Å²) < 4.78 is 2.20. The highest BCUT2D eigenvalue weighted by atomic mass is 32.2. The van der Waals surface area contributed by atoms with E-state index in [0.29, 0.717) is 5.92 Å². The number of nitrogens with zero attached hydrogens (tertiary/aromatic N) is 3. The number of thioether (sulfide) groups is 1. The van der Waals surface area contributed by atoms with E-state index in [9.17, 15) is 4.79 Å². The Bertz CT molecular complexity index is 469. The Morgan fingerprint density at radius 2 is 2.14 bits per heavy atom. The van der Waals surface area contributed by atoms with Crippen molar-refractivity contribution < 1.29 is 9.90 Å². The molecule has 2 rings (SSSR count). The van der Waals surface area contributed by atoms with Crippen LogP contribution in [0.3, 0.4) is 0 Å². The molecular formula is C15H25N3O2S. The van der Waals surface area contributed by atoms with Gasteiger partial charge in [-0.15, -0.1) is 0 Å². The monoisotopic (exact) mass is 311 g/mol. The largest absolute Gasteiger partial charge is 0.481 e. The van der Waals surface area contributed by atoms with Crippen LogP contribution in [0.2, 0.25) is 0 Å². The third-order valence-electron chi connectivity index (χ3n) is 3.85. The summed E-state index contributed by atoms with van der Waals surface area (Å²) in [4.78, 5) is 17.7. The summed E-state index contributed by atoms with van der Waals surface area (Å²) in [6, 6.07) is 0. The van der Waals surface area contributed by atoms with E-state index in [1.54, 1.807) is 0 Å². The molecule has 1 saturated heterocycles. The molecule has 6 heteroatoms. The summed E-state index contributed by atoms with van der Waals surface area (Å²) in [6.07, 6.45) is 5.44. The van der Waals surface area contributed by atoms with Gasteiger partial charge in [0.15, 0.2) is 5.16 Å². The molecule has 1 atom stereocenters. The summed E-state index contributed by atoms with van der Waals surface area (Å²) in [6.45, 7) is 8.85. The van der Waals surface area contributed by atoms with E-state index in [4.69, 9.17) is 5.11 Å².